The van der Waals surface area contributed by atoms with Crippen LogP contribution in [0.2, 0.25) is 0 Å². The molecule has 1 aliphatic heterocycles. The van der Waals surface area contributed by atoms with Gasteiger partial charge < -0.3 is 5.32 Å². The molecule has 3 rings (SSSR count). The van der Waals surface area contributed by atoms with Gasteiger partial charge in [0.05, 0.1) is 0 Å². The summed E-state index contributed by atoms with van der Waals surface area (Å²) in [7, 11) is 0. The van der Waals surface area contributed by atoms with Crippen LogP contribution >= 0.6 is 0 Å². The van der Waals surface area contributed by atoms with E-state index in [-0.39, 0.29) is 11.7 Å². The molecular weight excluding hydrogens is 226 g/mol. The lowest BCUT2D eigenvalue weighted by Crippen LogP contribution is -2.32. The SMILES string of the molecule is O=C(CC1CCC1)c1ccc2c(c1)C(=O)NCC2. The number of Topliss-reactive ketones (excluding diaryl/α,β-unsaturated/α-hetero) is 1. The number of nitrogens with one attached hydrogen (secondary N) is 1. The highest BCUT2D eigenvalue weighted by atomic mass is 16.1. The van der Waals surface area contributed by atoms with Gasteiger partial charge in [0.1, 0.15) is 0 Å². The predicted octanol–water partition coefficient (Wildman–Crippen LogP) is 2.35. The Hall–Kier alpha value is -1.64. The molecule has 18 heavy (non-hydrogen) atoms. The van der Waals surface area contributed by atoms with Crippen molar-refractivity contribution < 1.29 is 9.59 Å². The van der Waals surface area contributed by atoms with Gasteiger partial charge in [-0.25, -0.2) is 0 Å². The number of hydrogen-bond donors (Lipinski definition) is 1. The Morgan fingerprint density at radius 3 is 2.89 bits per heavy atom. The molecule has 94 valence electrons. The summed E-state index contributed by atoms with van der Waals surface area (Å²) in [6, 6.07) is 5.57. The van der Waals surface area contributed by atoms with Gasteiger partial charge in [-0.05, 0) is 24.0 Å². The lowest BCUT2D eigenvalue weighted by atomic mass is 9.80. The fraction of sp³-hybridized carbons (Fsp3) is 0.467. The van der Waals surface area contributed by atoms with E-state index < -0.39 is 0 Å². The Balaban J connectivity index is 1.82. The minimum Gasteiger partial charge on any atom is -0.352 e. The number of carbonyl (C=O) groups excluding carboxylic acids is 2. The highest BCUT2D eigenvalue weighted by Crippen LogP contribution is 2.30. The van der Waals surface area contributed by atoms with Gasteiger partial charge in [0, 0.05) is 24.1 Å². The summed E-state index contributed by atoms with van der Waals surface area (Å²) in [5.41, 5.74) is 2.43. The molecule has 0 unspecified atom stereocenters. The Morgan fingerprint density at radius 1 is 1.33 bits per heavy atom. The molecule has 1 saturated carbocycles. The number of amides is 1. The lowest BCUT2D eigenvalue weighted by molar-refractivity contribution is 0.0936. The van der Waals surface area contributed by atoms with Crippen molar-refractivity contribution in [2.75, 3.05) is 6.54 Å². The molecule has 1 aromatic carbocycles. The zero-order valence-corrected chi connectivity index (χ0v) is 10.4. The van der Waals surface area contributed by atoms with E-state index in [2.05, 4.69) is 5.32 Å². The van der Waals surface area contributed by atoms with E-state index in [1.165, 1.54) is 19.3 Å². The van der Waals surface area contributed by atoms with Crippen molar-refractivity contribution in [3.05, 3.63) is 34.9 Å². The maximum atomic E-state index is 12.1. The molecule has 0 saturated heterocycles. The van der Waals surface area contributed by atoms with E-state index in [0.717, 1.165) is 12.0 Å². The average molecular weight is 243 g/mol. The Labute approximate surface area is 107 Å². The van der Waals surface area contributed by atoms with Crippen LogP contribution in [0.15, 0.2) is 18.2 Å². The van der Waals surface area contributed by atoms with Crippen LogP contribution in [-0.2, 0) is 6.42 Å². The van der Waals surface area contributed by atoms with E-state index in [1.807, 2.05) is 12.1 Å². The van der Waals surface area contributed by atoms with Gasteiger partial charge in [0.2, 0.25) is 0 Å². The topological polar surface area (TPSA) is 46.2 Å². The smallest absolute Gasteiger partial charge is 0.251 e. The maximum Gasteiger partial charge on any atom is 0.251 e. The summed E-state index contributed by atoms with van der Waals surface area (Å²) in [6.07, 6.45) is 5.11. The van der Waals surface area contributed by atoms with Crippen LogP contribution in [0, 0.1) is 5.92 Å². The first-order valence-corrected chi connectivity index (χ1v) is 6.68. The van der Waals surface area contributed by atoms with Gasteiger partial charge in [-0.2, -0.15) is 0 Å². The average Bonchev–Trinajstić information content (AvgIpc) is 2.34. The standard InChI is InChI=1S/C15H17NO2/c17-14(8-10-2-1-3-10)12-5-4-11-6-7-16-15(18)13(11)9-12/h4-5,9-10H,1-3,6-8H2,(H,16,18). The first kappa shape index (κ1) is 11.5. The second kappa shape index (κ2) is 4.56. The molecule has 1 amide bonds. The molecule has 0 bridgehead atoms. The number of fused-ring (bicyclic) bond motifs is 1. The number of ketones is 1. The third-order valence-corrected chi connectivity index (χ3v) is 4.06. The molecule has 0 aromatic heterocycles. The Kier molecular flexibility index (Phi) is 2.90. The fourth-order valence-electron chi connectivity index (χ4n) is 2.66. The van der Waals surface area contributed by atoms with E-state index in [4.69, 9.17) is 0 Å². The first-order chi connectivity index (χ1) is 8.74. The summed E-state index contributed by atoms with van der Waals surface area (Å²) < 4.78 is 0. The van der Waals surface area contributed by atoms with Gasteiger partial charge in [-0.3, -0.25) is 9.59 Å². The minimum absolute atomic E-state index is 0.0467. The van der Waals surface area contributed by atoms with Crippen molar-refractivity contribution in [3.8, 4) is 0 Å². The van der Waals surface area contributed by atoms with Crippen molar-refractivity contribution >= 4 is 11.7 Å². The number of hydrogen-bond acceptors (Lipinski definition) is 2. The van der Waals surface area contributed by atoms with Crippen LogP contribution in [-0.4, -0.2) is 18.2 Å². The molecule has 1 aromatic rings. The van der Waals surface area contributed by atoms with Gasteiger partial charge in [-0.15, -0.1) is 0 Å². The minimum atomic E-state index is -0.0467. The molecule has 1 heterocycles. The second-order valence-corrected chi connectivity index (χ2v) is 5.30. The molecule has 2 aliphatic rings. The van der Waals surface area contributed by atoms with Crippen molar-refractivity contribution in [3.63, 3.8) is 0 Å². The van der Waals surface area contributed by atoms with Crippen LogP contribution in [0.25, 0.3) is 0 Å². The quantitative estimate of drug-likeness (QED) is 0.828. The number of rotatable bonds is 3. The number of benzene rings is 1. The van der Waals surface area contributed by atoms with E-state index >= 15 is 0 Å². The monoisotopic (exact) mass is 243 g/mol. The van der Waals surface area contributed by atoms with Gasteiger partial charge >= 0.3 is 0 Å². The third-order valence-electron chi connectivity index (χ3n) is 4.06. The molecule has 3 heteroatoms. The lowest BCUT2D eigenvalue weighted by Gasteiger charge is -2.24. The van der Waals surface area contributed by atoms with Crippen LogP contribution in [0.3, 0.4) is 0 Å². The van der Waals surface area contributed by atoms with E-state index in [0.29, 0.717) is 30.0 Å². The molecule has 1 aliphatic carbocycles. The van der Waals surface area contributed by atoms with Crippen LogP contribution < -0.4 is 5.32 Å². The predicted molar refractivity (Wildman–Crippen MR) is 68.8 cm³/mol. The van der Waals surface area contributed by atoms with Crippen LogP contribution in [0.4, 0.5) is 0 Å². The van der Waals surface area contributed by atoms with E-state index in [1.54, 1.807) is 6.07 Å². The maximum absolute atomic E-state index is 12.1. The summed E-state index contributed by atoms with van der Waals surface area (Å²) in [5, 5.41) is 2.82. The third kappa shape index (κ3) is 2.05. The van der Waals surface area contributed by atoms with Crippen molar-refractivity contribution in [2.45, 2.75) is 32.1 Å². The number of carbonyl (C=O) groups is 2. The summed E-state index contributed by atoms with van der Waals surface area (Å²) in [4.78, 5) is 23.8. The molecule has 0 atom stereocenters. The summed E-state index contributed by atoms with van der Waals surface area (Å²) in [5.74, 6) is 0.706. The molecule has 0 spiro atoms. The normalized spacial score (nSPS) is 18.8. The zero-order chi connectivity index (χ0) is 12.5. The zero-order valence-electron chi connectivity index (χ0n) is 10.4. The van der Waals surface area contributed by atoms with Gasteiger partial charge in [-0.1, -0.05) is 31.4 Å². The molecular formula is C15H17NO2. The molecule has 0 radical (unpaired) electrons. The highest BCUT2D eigenvalue weighted by Gasteiger charge is 2.23. The van der Waals surface area contributed by atoms with Crippen LogP contribution in [0.5, 0.6) is 0 Å². The van der Waals surface area contributed by atoms with Crippen molar-refractivity contribution in [2.24, 2.45) is 5.92 Å². The first-order valence-electron chi connectivity index (χ1n) is 6.68. The second-order valence-electron chi connectivity index (χ2n) is 5.30. The van der Waals surface area contributed by atoms with Crippen molar-refractivity contribution in [1.82, 2.24) is 5.32 Å². The molecule has 3 nitrogen and oxygen atoms in total. The van der Waals surface area contributed by atoms with Crippen molar-refractivity contribution in [1.29, 1.82) is 0 Å². The largest absolute Gasteiger partial charge is 0.352 e. The van der Waals surface area contributed by atoms with Gasteiger partial charge in [0.15, 0.2) is 5.78 Å². The highest BCUT2D eigenvalue weighted by molar-refractivity contribution is 6.02. The molecule has 1 fully saturated rings. The van der Waals surface area contributed by atoms with E-state index in [9.17, 15) is 9.59 Å². The molecule has 1 N–H and O–H groups in total. The summed E-state index contributed by atoms with van der Waals surface area (Å²) in [6.45, 7) is 0.696. The fourth-order valence-corrected chi connectivity index (χ4v) is 2.66. The van der Waals surface area contributed by atoms with Gasteiger partial charge in [0.25, 0.3) is 5.91 Å². The Bertz CT molecular complexity index is 503. The Morgan fingerprint density at radius 2 is 2.17 bits per heavy atom. The van der Waals surface area contributed by atoms with Crippen LogP contribution in [0.1, 0.15) is 52.0 Å². The summed E-state index contributed by atoms with van der Waals surface area (Å²) >= 11 is 0.